The summed E-state index contributed by atoms with van der Waals surface area (Å²) in [5.74, 6) is 0.114. The second-order valence-electron chi connectivity index (χ2n) is 9.13. The predicted molar refractivity (Wildman–Crippen MR) is 142 cm³/mol. The van der Waals surface area contributed by atoms with E-state index in [4.69, 9.17) is 4.98 Å². The molecule has 0 saturated carbocycles. The van der Waals surface area contributed by atoms with Crippen molar-refractivity contribution >= 4 is 10.9 Å². The molecule has 168 valence electrons. The highest BCUT2D eigenvalue weighted by Gasteiger charge is 2.20. The van der Waals surface area contributed by atoms with Crippen LogP contribution >= 0.6 is 0 Å². The van der Waals surface area contributed by atoms with Gasteiger partial charge in [-0.2, -0.15) is 0 Å². The van der Waals surface area contributed by atoms with Crippen LogP contribution in [0.5, 0.6) is 0 Å². The predicted octanol–water partition coefficient (Wildman–Crippen LogP) is 7.96. The van der Waals surface area contributed by atoms with E-state index < -0.39 is 0 Å². The molecule has 0 spiro atoms. The van der Waals surface area contributed by atoms with Crippen molar-refractivity contribution in [2.45, 2.75) is 40.0 Å². The van der Waals surface area contributed by atoms with Gasteiger partial charge in [0.25, 0.3) is 0 Å². The summed E-state index contributed by atoms with van der Waals surface area (Å²) >= 11 is 0. The molecule has 1 atom stereocenters. The van der Waals surface area contributed by atoms with Crippen LogP contribution in [0.1, 0.15) is 52.0 Å². The Morgan fingerprint density at radius 2 is 1.50 bits per heavy atom. The van der Waals surface area contributed by atoms with Gasteiger partial charge in [0.15, 0.2) is 0 Å². The van der Waals surface area contributed by atoms with Gasteiger partial charge in [0, 0.05) is 34.5 Å². The van der Waals surface area contributed by atoms with Crippen molar-refractivity contribution in [3.63, 3.8) is 0 Å². The van der Waals surface area contributed by atoms with E-state index >= 15 is 0 Å². The van der Waals surface area contributed by atoms with Crippen LogP contribution in [0, 0.1) is 20.8 Å². The molecule has 2 heteroatoms. The second-order valence-corrected chi connectivity index (χ2v) is 9.13. The number of aromatic nitrogens is 2. The summed E-state index contributed by atoms with van der Waals surface area (Å²) < 4.78 is 0. The summed E-state index contributed by atoms with van der Waals surface area (Å²) in [5, 5.41) is 1.21. The zero-order valence-corrected chi connectivity index (χ0v) is 20.3. The third-order valence-corrected chi connectivity index (χ3v) is 6.72. The van der Waals surface area contributed by atoms with E-state index in [0.717, 1.165) is 23.3 Å². The fraction of sp³-hybridized carbons (Fsp3) is 0.188. The fourth-order valence-corrected chi connectivity index (χ4v) is 5.00. The van der Waals surface area contributed by atoms with E-state index in [-0.39, 0.29) is 5.92 Å². The number of nitrogens with zero attached hydrogens (tertiary/aromatic N) is 2. The maximum absolute atomic E-state index is 5.09. The first-order chi connectivity index (χ1) is 16.5. The summed E-state index contributed by atoms with van der Waals surface area (Å²) in [7, 11) is 0. The minimum absolute atomic E-state index is 0.114. The van der Waals surface area contributed by atoms with E-state index in [2.05, 4.69) is 111 Å². The van der Waals surface area contributed by atoms with Crippen molar-refractivity contribution in [1.82, 2.24) is 9.97 Å². The molecule has 0 saturated heterocycles. The highest BCUT2D eigenvalue weighted by Crippen LogP contribution is 2.37. The van der Waals surface area contributed by atoms with Gasteiger partial charge in [0.05, 0.1) is 5.52 Å². The number of benzene rings is 3. The van der Waals surface area contributed by atoms with Crippen LogP contribution in [-0.4, -0.2) is 9.97 Å². The van der Waals surface area contributed by atoms with Gasteiger partial charge in [-0.15, -0.1) is 0 Å². The van der Waals surface area contributed by atoms with Crippen molar-refractivity contribution < 1.29 is 0 Å². The first-order valence-corrected chi connectivity index (χ1v) is 12.0. The Kier molecular flexibility index (Phi) is 5.98. The lowest BCUT2D eigenvalue weighted by molar-refractivity contribution is 0.955. The lowest BCUT2D eigenvalue weighted by atomic mass is 9.84. The van der Waals surface area contributed by atoms with Gasteiger partial charge in [-0.05, 0) is 73.2 Å². The Bertz CT molecular complexity index is 1450. The lowest BCUT2D eigenvalue weighted by Crippen LogP contribution is -2.06. The van der Waals surface area contributed by atoms with Crippen molar-refractivity contribution in [2.24, 2.45) is 0 Å². The van der Waals surface area contributed by atoms with Gasteiger partial charge in [0.1, 0.15) is 0 Å². The van der Waals surface area contributed by atoms with Crippen molar-refractivity contribution in [3.05, 3.63) is 130 Å². The molecule has 0 bridgehead atoms. The minimum atomic E-state index is 0.114. The lowest BCUT2D eigenvalue weighted by Gasteiger charge is -2.21. The maximum atomic E-state index is 5.09. The Labute approximate surface area is 202 Å². The molecule has 1 unspecified atom stereocenters. The first kappa shape index (κ1) is 22.0. The van der Waals surface area contributed by atoms with Crippen molar-refractivity contribution in [3.8, 4) is 11.1 Å². The van der Waals surface area contributed by atoms with E-state index in [1.54, 1.807) is 0 Å². The van der Waals surface area contributed by atoms with Gasteiger partial charge in [-0.3, -0.25) is 9.97 Å². The molecule has 2 nitrogen and oxygen atoms in total. The number of rotatable bonds is 5. The third-order valence-electron chi connectivity index (χ3n) is 6.72. The van der Waals surface area contributed by atoms with Crippen molar-refractivity contribution in [1.29, 1.82) is 0 Å². The van der Waals surface area contributed by atoms with Crippen LogP contribution in [0.4, 0.5) is 0 Å². The highest BCUT2D eigenvalue weighted by molar-refractivity contribution is 5.90. The topological polar surface area (TPSA) is 25.8 Å². The minimum Gasteiger partial charge on any atom is -0.261 e. The molecule has 0 N–H and O–H groups in total. The van der Waals surface area contributed by atoms with Gasteiger partial charge < -0.3 is 0 Å². The molecule has 0 radical (unpaired) electrons. The number of hydrogen-bond acceptors (Lipinski definition) is 2. The molecule has 0 aliphatic heterocycles. The Morgan fingerprint density at radius 1 is 0.735 bits per heavy atom. The Hall–Kier alpha value is -3.78. The smallest absolute Gasteiger partial charge is 0.0708 e. The summed E-state index contributed by atoms with van der Waals surface area (Å²) in [6.07, 6.45) is 2.93. The van der Waals surface area contributed by atoms with Gasteiger partial charge in [-0.1, -0.05) is 79.2 Å². The van der Waals surface area contributed by atoms with Crippen LogP contribution in [0.3, 0.4) is 0 Å². The van der Waals surface area contributed by atoms with E-state index in [1.165, 1.54) is 44.3 Å². The quantitative estimate of drug-likeness (QED) is 0.276. The zero-order chi connectivity index (χ0) is 23.7. The largest absolute Gasteiger partial charge is 0.261 e. The standard InChI is InChI=1S/C32H30N2/c1-5-29-31(24-11-7-6-8-12-24)23(4)28-19-26(16-17-30(28)34-29)32(25-13-9-10-21(2)18-25)27-15-14-22(3)33-20-27/h6-20,32H,5H2,1-4H3. The SMILES string of the molecule is CCc1nc2ccc(C(c3ccc(C)nc3)c3cccc(C)c3)cc2c(C)c1-c1ccccc1. The average molecular weight is 443 g/mol. The molecule has 0 amide bonds. The Balaban J connectivity index is 1.74. The van der Waals surface area contributed by atoms with E-state index in [1.807, 2.05) is 13.1 Å². The molecule has 0 aliphatic rings. The maximum Gasteiger partial charge on any atom is 0.0708 e. The monoisotopic (exact) mass is 442 g/mol. The summed E-state index contributed by atoms with van der Waals surface area (Å²) in [6.45, 7) is 8.62. The molecular weight excluding hydrogens is 412 g/mol. The third kappa shape index (κ3) is 4.12. The normalized spacial score (nSPS) is 12.1. The summed E-state index contributed by atoms with van der Waals surface area (Å²) in [6, 6.07) is 30.5. The second kappa shape index (κ2) is 9.23. The highest BCUT2D eigenvalue weighted by atomic mass is 14.7. The molecule has 3 aromatic carbocycles. The van der Waals surface area contributed by atoms with Crippen molar-refractivity contribution in [2.75, 3.05) is 0 Å². The molecule has 5 aromatic rings. The molecular formula is C32H30N2. The first-order valence-electron chi connectivity index (χ1n) is 12.0. The van der Waals surface area contributed by atoms with Crippen LogP contribution in [-0.2, 0) is 6.42 Å². The summed E-state index contributed by atoms with van der Waals surface area (Å²) in [5.41, 5.74) is 12.0. The van der Waals surface area contributed by atoms with Crippen LogP contribution in [0.25, 0.3) is 22.0 Å². The molecule has 0 fully saturated rings. The molecule has 2 heterocycles. The van der Waals surface area contributed by atoms with Crippen LogP contribution in [0.15, 0.2) is 91.1 Å². The number of pyridine rings is 2. The number of fused-ring (bicyclic) bond motifs is 1. The van der Waals surface area contributed by atoms with Gasteiger partial charge in [-0.25, -0.2) is 0 Å². The van der Waals surface area contributed by atoms with Crippen LogP contribution in [0.2, 0.25) is 0 Å². The van der Waals surface area contributed by atoms with Crippen LogP contribution < -0.4 is 0 Å². The molecule has 34 heavy (non-hydrogen) atoms. The molecule has 2 aromatic heterocycles. The average Bonchev–Trinajstić information content (AvgIpc) is 2.86. The van der Waals surface area contributed by atoms with Gasteiger partial charge >= 0.3 is 0 Å². The van der Waals surface area contributed by atoms with E-state index in [0.29, 0.717) is 0 Å². The van der Waals surface area contributed by atoms with Gasteiger partial charge in [0.2, 0.25) is 0 Å². The van der Waals surface area contributed by atoms with E-state index in [9.17, 15) is 0 Å². The number of aryl methyl sites for hydroxylation is 4. The summed E-state index contributed by atoms with van der Waals surface area (Å²) in [4.78, 5) is 9.71. The number of hydrogen-bond donors (Lipinski definition) is 0. The zero-order valence-electron chi connectivity index (χ0n) is 20.3. The molecule has 5 rings (SSSR count). The Morgan fingerprint density at radius 3 is 2.21 bits per heavy atom. The fourth-order valence-electron chi connectivity index (χ4n) is 5.00. The molecule has 0 aliphatic carbocycles.